The topological polar surface area (TPSA) is 51.1 Å². The van der Waals surface area contributed by atoms with Gasteiger partial charge in [0.1, 0.15) is 17.6 Å². The third-order valence-corrected chi connectivity index (χ3v) is 6.12. The zero-order valence-corrected chi connectivity index (χ0v) is 17.0. The smallest absolute Gasteiger partial charge is 0.417 e. The predicted molar refractivity (Wildman–Crippen MR) is 108 cm³/mol. The maximum atomic E-state index is 14.3. The number of nitrogens with zero attached hydrogens (tertiary/aromatic N) is 4. The fourth-order valence-corrected chi connectivity index (χ4v) is 4.71. The van der Waals surface area contributed by atoms with Gasteiger partial charge in [-0.05, 0) is 49.1 Å². The maximum Gasteiger partial charge on any atom is 0.417 e. The molecule has 0 aromatic carbocycles. The van der Waals surface area contributed by atoms with Crippen LogP contribution in [0.1, 0.15) is 24.1 Å². The van der Waals surface area contributed by atoms with E-state index < -0.39 is 17.6 Å². The third-order valence-electron chi connectivity index (χ3n) is 6.12. The van der Waals surface area contributed by atoms with Gasteiger partial charge in [-0.15, -0.1) is 0 Å². The van der Waals surface area contributed by atoms with Crippen molar-refractivity contribution in [2.45, 2.75) is 37.7 Å². The van der Waals surface area contributed by atoms with E-state index in [-0.39, 0.29) is 23.7 Å². The number of fused-ring (bicyclic) bond motifs is 2. The van der Waals surface area contributed by atoms with Crippen molar-refractivity contribution in [3.05, 3.63) is 72.1 Å². The average molecular weight is 444 g/mol. The van der Waals surface area contributed by atoms with Crippen LogP contribution in [0.25, 0.3) is 11.3 Å². The van der Waals surface area contributed by atoms with Gasteiger partial charge >= 0.3 is 6.18 Å². The molecule has 5 rings (SSSR count). The first-order chi connectivity index (χ1) is 15.4. The van der Waals surface area contributed by atoms with Crippen molar-refractivity contribution < 1.29 is 22.3 Å². The summed E-state index contributed by atoms with van der Waals surface area (Å²) < 4.78 is 58.6. The zero-order chi connectivity index (χ0) is 22.3. The highest BCUT2D eigenvalue weighted by molar-refractivity contribution is 5.62. The first kappa shape index (κ1) is 20.8. The third kappa shape index (κ3) is 4.04. The number of ether oxygens (including phenoxy) is 1. The van der Waals surface area contributed by atoms with Gasteiger partial charge in [-0.2, -0.15) is 13.2 Å². The fourth-order valence-electron chi connectivity index (χ4n) is 4.71. The van der Waals surface area contributed by atoms with Crippen LogP contribution in [0.15, 0.2) is 55.0 Å². The molecular formula is C23H20F4N4O. The highest BCUT2D eigenvalue weighted by Gasteiger charge is 2.46. The molecule has 1 aliphatic carbocycles. The molecule has 9 heteroatoms. The molecule has 0 radical (unpaired) electrons. The molecule has 0 spiro atoms. The molecular weight excluding hydrogens is 424 g/mol. The molecule has 2 bridgehead atoms. The van der Waals surface area contributed by atoms with Gasteiger partial charge < -0.3 is 4.74 Å². The van der Waals surface area contributed by atoms with E-state index in [0.29, 0.717) is 18.0 Å². The van der Waals surface area contributed by atoms with Crippen LogP contribution >= 0.6 is 0 Å². The maximum absolute atomic E-state index is 14.3. The number of hydrogen-bond donors (Lipinski definition) is 0. The summed E-state index contributed by atoms with van der Waals surface area (Å²) in [4.78, 5) is 14.7. The second-order valence-electron chi connectivity index (χ2n) is 8.20. The van der Waals surface area contributed by atoms with Gasteiger partial charge in [0.25, 0.3) is 0 Å². The highest BCUT2D eigenvalue weighted by Crippen LogP contribution is 2.41. The van der Waals surface area contributed by atoms with Crippen molar-refractivity contribution in [2.75, 3.05) is 6.54 Å². The van der Waals surface area contributed by atoms with Crippen LogP contribution < -0.4 is 4.74 Å². The SMILES string of the molecule is Fc1cccnc1-c1cccnc1CN1CC2CC(Oc3ccc(C(F)(F)F)cn3)C1C2. The van der Waals surface area contributed by atoms with Crippen LogP contribution in [-0.4, -0.2) is 38.5 Å². The number of halogens is 4. The summed E-state index contributed by atoms with van der Waals surface area (Å²) in [6, 6.07) is 8.82. The minimum Gasteiger partial charge on any atom is -0.473 e. The Morgan fingerprint density at radius 3 is 2.53 bits per heavy atom. The van der Waals surface area contributed by atoms with Crippen molar-refractivity contribution in [2.24, 2.45) is 5.92 Å². The molecule has 3 aromatic heterocycles. The lowest BCUT2D eigenvalue weighted by Gasteiger charge is -2.33. The number of hydrogen-bond acceptors (Lipinski definition) is 5. The zero-order valence-electron chi connectivity index (χ0n) is 17.0. The van der Waals surface area contributed by atoms with Crippen LogP contribution in [0.3, 0.4) is 0 Å². The summed E-state index contributed by atoms with van der Waals surface area (Å²) in [6.45, 7) is 1.37. The summed E-state index contributed by atoms with van der Waals surface area (Å²) in [5, 5.41) is 0. The number of piperidine rings is 1. The van der Waals surface area contributed by atoms with Gasteiger partial charge in [-0.1, -0.05) is 0 Å². The van der Waals surface area contributed by atoms with Crippen LogP contribution in [0, 0.1) is 11.7 Å². The van der Waals surface area contributed by atoms with Crippen molar-refractivity contribution in [1.29, 1.82) is 0 Å². The van der Waals surface area contributed by atoms with Gasteiger partial charge in [-0.3, -0.25) is 14.9 Å². The second kappa shape index (κ2) is 8.12. The Labute approximate surface area is 182 Å². The van der Waals surface area contributed by atoms with E-state index in [9.17, 15) is 17.6 Å². The van der Waals surface area contributed by atoms with Crippen LogP contribution in [0.4, 0.5) is 17.6 Å². The van der Waals surface area contributed by atoms with E-state index in [0.717, 1.165) is 37.3 Å². The summed E-state index contributed by atoms with van der Waals surface area (Å²) in [5.41, 5.74) is 0.838. The lowest BCUT2D eigenvalue weighted by atomic mass is 10.1. The molecule has 4 heterocycles. The summed E-state index contributed by atoms with van der Waals surface area (Å²) in [5.74, 6) is 0.210. The molecule has 3 unspecified atom stereocenters. The van der Waals surface area contributed by atoms with E-state index >= 15 is 0 Å². The predicted octanol–water partition coefficient (Wildman–Crippen LogP) is 4.74. The minimum atomic E-state index is -4.43. The quantitative estimate of drug-likeness (QED) is 0.532. The largest absolute Gasteiger partial charge is 0.473 e. The molecule has 166 valence electrons. The molecule has 1 saturated heterocycles. The number of alkyl halides is 3. The van der Waals surface area contributed by atoms with Gasteiger partial charge in [-0.25, -0.2) is 9.37 Å². The van der Waals surface area contributed by atoms with Gasteiger partial charge in [0.2, 0.25) is 5.88 Å². The molecule has 0 amide bonds. The highest BCUT2D eigenvalue weighted by atomic mass is 19.4. The van der Waals surface area contributed by atoms with E-state index in [1.807, 2.05) is 6.07 Å². The summed E-state index contributed by atoms with van der Waals surface area (Å²) in [7, 11) is 0. The van der Waals surface area contributed by atoms with Gasteiger partial charge in [0.05, 0.1) is 11.3 Å². The monoisotopic (exact) mass is 444 g/mol. The number of likely N-dealkylation sites (tertiary alicyclic amines) is 1. The molecule has 0 N–H and O–H groups in total. The summed E-state index contributed by atoms with van der Waals surface area (Å²) in [6.07, 6.45) is 1.18. The van der Waals surface area contributed by atoms with E-state index in [2.05, 4.69) is 19.9 Å². The Balaban J connectivity index is 1.32. The first-order valence-electron chi connectivity index (χ1n) is 10.4. The Morgan fingerprint density at radius 2 is 1.81 bits per heavy atom. The van der Waals surface area contributed by atoms with Crippen molar-refractivity contribution in [1.82, 2.24) is 19.9 Å². The van der Waals surface area contributed by atoms with Crippen LogP contribution in [0.2, 0.25) is 0 Å². The molecule has 32 heavy (non-hydrogen) atoms. The van der Waals surface area contributed by atoms with Gasteiger partial charge in [0.15, 0.2) is 0 Å². The fraction of sp³-hybridized carbons (Fsp3) is 0.348. The standard InChI is InChI=1S/C23H20F4N4O/c24-17-4-2-8-29-22(17)16-3-1-7-28-18(16)13-31-12-14-9-19(31)20(10-14)32-21-6-5-15(11-30-21)23(25,26)27/h1-8,11,14,19-20H,9-10,12-13H2. The van der Waals surface area contributed by atoms with Crippen molar-refractivity contribution in [3.8, 4) is 17.1 Å². The molecule has 1 saturated carbocycles. The minimum absolute atomic E-state index is 0.0903. The Hall–Kier alpha value is -3.07. The summed E-state index contributed by atoms with van der Waals surface area (Å²) >= 11 is 0. The Bertz CT molecular complexity index is 1110. The molecule has 2 fully saturated rings. The lowest BCUT2D eigenvalue weighted by Crippen LogP contribution is -2.43. The molecule has 1 aliphatic heterocycles. The second-order valence-corrected chi connectivity index (χ2v) is 8.20. The average Bonchev–Trinajstić information content (AvgIpc) is 3.34. The van der Waals surface area contributed by atoms with E-state index in [1.165, 1.54) is 12.1 Å². The number of pyridine rings is 3. The van der Waals surface area contributed by atoms with Crippen LogP contribution in [-0.2, 0) is 12.7 Å². The first-order valence-corrected chi connectivity index (χ1v) is 10.4. The van der Waals surface area contributed by atoms with Gasteiger partial charge in [0, 0.05) is 49.4 Å². The normalized spacial score (nSPS) is 22.9. The molecule has 3 atom stereocenters. The van der Waals surface area contributed by atoms with E-state index in [1.54, 1.807) is 24.5 Å². The van der Waals surface area contributed by atoms with E-state index in [4.69, 9.17) is 4.74 Å². The van der Waals surface area contributed by atoms with Crippen molar-refractivity contribution in [3.63, 3.8) is 0 Å². The molecule has 2 aliphatic rings. The molecule has 5 nitrogen and oxygen atoms in total. The Kier molecular flexibility index (Phi) is 5.28. The van der Waals surface area contributed by atoms with Crippen LogP contribution in [0.5, 0.6) is 5.88 Å². The van der Waals surface area contributed by atoms with Crippen molar-refractivity contribution >= 4 is 0 Å². The lowest BCUT2D eigenvalue weighted by molar-refractivity contribution is -0.137. The molecule has 3 aromatic rings. The number of aromatic nitrogens is 3. The number of rotatable bonds is 5. The Morgan fingerprint density at radius 1 is 1.00 bits per heavy atom.